The molecule has 0 bridgehead atoms. The highest BCUT2D eigenvalue weighted by Crippen LogP contribution is 2.32. The van der Waals surface area contributed by atoms with E-state index in [1.807, 2.05) is 0 Å². The highest BCUT2D eigenvalue weighted by molar-refractivity contribution is 5.73. The number of nitrogens with one attached hydrogen (secondary N) is 1. The standard InChI is InChI=1S/C20H35NO16/c1-5(25)21-9-17(37-20-15(31)13(29)11(27)7(3-23)35-20)16(8(4-24)33-18(9)32)36-19-14(30)12(28)10(26)6(2-22)34-19/h6-20,22-24,26-32H,2-4H2,1H3,(H,21,25)/t6-,7+,8+,9+,10+,11-,12+,13-,14-,15+,16+,17+,18+,19-,20-/m0/s1. The fourth-order valence-electron chi connectivity index (χ4n) is 4.45. The second kappa shape index (κ2) is 12.8. The van der Waals surface area contributed by atoms with Crippen molar-refractivity contribution in [2.75, 3.05) is 19.8 Å². The Morgan fingerprint density at radius 3 is 1.49 bits per heavy atom. The van der Waals surface area contributed by atoms with E-state index in [-0.39, 0.29) is 0 Å². The van der Waals surface area contributed by atoms with Crippen LogP contribution in [0.3, 0.4) is 0 Å². The molecule has 15 atom stereocenters. The fourth-order valence-corrected chi connectivity index (χ4v) is 4.45. The lowest BCUT2D eigenvalue weighted by Crippen LogP contribution is -2.69. The topological polar surface area (TPSA) is 278 Å². The van der Waals surface area contributed by atoms with Gasteiger partial charge in [0.05, 0.1) is 19.8 Å². The molecule has 0 aliphatic carbocycles. The van der Waals surface area contributed by atoms with Gasteiger partial charge in [0, 0.05) is 6.92 Å². The number of amides is 1. The van der Waals surface area contributed by atoms with Gasteiger partial charge >= 0.3 is 0 Å². The van der Waals surface area contributed by atoms with Crippen molar-refractivity contribution in [1.29, 1.82) is 0 Å². The molecule has 0 aromatic rings. The summed E-state index contributed by atoms with van der Waals surface area (Å²) in [5.74, 6) is -0.677. The number of ether oxygens (including phenoxy) is 5. The van der Waals surface area contributed by atoms with Crippen molar-refractivity contribution in [3.63, 3.8) is 0 Å². The first kappa shape index (κ1) is 30.4. The van der Waals surface area contributed by atoms with Gasteiger partial charge in [0.15, 0.2) is 18.9 Å². The normalized spacial score (nSPS) is 49.0. The van der Waals surface area contributed by atoms with Crippen LogP contribution in [0.5, 0.6) is 0 Å². The van der Waals surface area contributed by atoms with E-state index in [0.717, 1.165) is 6.92 Å². The van der Waals surface area contributed by atoms with Crippen LogP contribution in [0.15, 0.2) is 0 Å². The maximum absolute atomic E-state index is 11.9. The molecule has 0 aromatic carbocycles. The summed E-state index contributed by atoms with van der Waals surface area (Å²) in [5, 5.41) is 103. The average molecular weight is 545 g/mol. The second-order valence-corrected chi connectivity index (χ2v) is 9.07. The minimum atomic E-state index is -1.89. The maximum atomic E-state index is 11.9. The predicted molar refractivity (Wildman–Crippen MR) is 113 cm³/mol. The van der Waals surface area contributed by atoms with Gasteiger partial charge in [-0.1, -0.05) is 0 Å². The van der Waals surface area contributed by atoms with Gasteiger partial charge in [-0.25, -0.2) is 0 Å². The number of carbonyl (C=O) groups is 1. The van der Waals surface area contributed by atoms with Crippen LogP contribution in [0.4, 0.5) is 0 Å². The molecule has 0 unspecified atom stereocenters. The molecule has 37 heavy (non-hydrogen) atoms. The average Bonchev–Trinajstić information content (AvgIpc) is 2.87. The maximum Gasteiger partial charge on any atom is 0.217 e. The Morgan fingerprint density at radius 1 is 0.649 bits per heavy atom. The molecule has 1 amide bonds. The molecular formula is C20H35NO16. The monoisotopic (exact) mass is 545 g/mol. The summed E-state index contributed by atoms with van der Waals surface area (Å²) in [6.45, 7) is -1.27. The molecule has 216 valence electrons. The first-order chi connectivity index (χ1) is 17.4. The van der Waals surface area contributed by atoms with Crippen LogP contribution in [0.1, 0.15) is 6.92 Å². The van der Waals surface area contributed by atoms with Gasteiger partial charge in [-0.15, -0.1) is 0 Å². The predicted octanol–water partition coefficient (Wildman–Crippen LogP) is -7.43. The quantitative estimate of drug-likeness (QED) is 0.135. The van der Waals surface area contributed by atoms with Crippen LogP contribution in [0, 0.1) is 0 Å². The van der Waals surface area contributed by atoms with Crippen LogP contribution in [-0.4, -0.2) is 169 Å². The number of aliphatic hydroxyl groups is 10. The summed E-state index contributed by atoms with van der Waals surface area (Å²) in [6, 6.07) is -1.47. The number of aliphatic hydroxyl groups excluding tert-OH is 10. The first-order valence-electron chi connectivity index (χ1n) is 11.6. The molecular weight excluding hydrogens is 510 g/mol. The van der Waals surface area contributed by atoms with E-state index in [4.69, 9.17) is 23.7 Å². The molecule has 0 spiro atoms. The van der Waals surface area contributed by atoms with E-state index in [1.54, 1.807) is 0 Å². The Balaban J connectivity index is 1.93. The molecule has 0 saturated carbocycles. The van der Waals surface area contributed by atoms with E-state index in [9.17, 15) is 55.9 Å². The Hall–Kier alpha value is -1.13. The summed E-state index contributed by atoms with van der Waals surface area (Å²) in [7, 11) is 0. The van der Waals surface area contributed by atoms with Crippen LogP contribution in [0.25, 0.3) is 0 Å². The van der Waals surface area contributed by atoms with Crippen LogP contribution in [-0.2, 0) is 28.5 Å². The largest absolute Gasteiger partial charge is 0.394 e. The van der Waals surface area contributed by atoms with Crippen molar-refractivity contribution in [3.05, 3.63) is 0 Å². The Kier molecular flexibility index (Phi) is 10.5. The van der Waals surface area contributed by atoms with Crippen LogP contribution < -0.4 is 5.32 Å². The Labute approximate surface area is 210 Å². The third-order valence-electron chi connectivity index (χ3n) is 6.49. The molecule has 3 rings (SSSR count). The third-order valence-corrected chi connectivity index (χ3v) is 6.49. The van der Waals surface area contributed by atoms with E-state index in [2.05, 4.69) is 5.32 Å². The smallest absolute Gasteiger partial charge is 0.217 e. The van der Waals surface area contributed by atoms with Gasteiger partial charge in [-0.05, 0) is 0 Å². The lowest BCUT2D eigenvalue weighted by molar-refractivity contribution is -0.372. The SMILES string of the molecule is CC(=O)N[C@@H]1[C@@H](O[C@@H]2O[C@H](CO)[C@H](O)[C@H](O)[C@H]2O)[C@H](O[C@@H]2O[C@@H](CO)[C@@H](O)[C@@H](O)[C@@H]2O)[C@@H](CO)O[C@H]1O. The number of hydrogen-bond acceptors (Lipinski definition) is 16. The zero-order valence-electron chi connectivity index (χ0n) is 19.7. The molecule has 3 fully saturated rings. The third kappa shape index (κ3) is 6.38. The van der Waals surface area contributed by atoms with Crippen molar-refractivity contribution in [1.82, 2.24) is 5.32 Å². The highest BCUT2D eigenvalue weighted by atomic mass is 16.7. The highest BCUT2D eigenvalue weighted by Gasteiger charge is 2.54. The van der Waals surface area contributed by atoms with Gasteiger partial charge in [-0.2, -0.15) is 0 Å². The number of hydrogen-bond donors (Lipinski definition) is 11. The molecule has 0 radical (unpaired) electrons. The Bertz CT molecular complexity index is 743. The minimum absolute atomic E-state index is 0.677. The zero-order valence-corrected chi connectivity index (χ0v) is 19.7. The van der Waals surface area contributed by atoms with Gasteiger partial charge in [0.1, 0.15) is 73.2 Å². The Morgan fingerprint density at radius 2 is 1.08 bits per heavy atom. The lowest BCUT2D eigenvalue weighted by atomic mass is 9.94. The van der Waals surface area contributed by atoms with Crippen LogP contribution >= 0.6 is 0 Å². The molecule has 0 aromatic heterocycles. The van der Waals surface area contributed by atoms with Crippen LogP contribution in [0.2, 0.25) is 0 Å². The second-order valence-electron chi connectivity index (χ2n) is 9.07. The van der Waals surface area contributed by atoms with E-state index < -0.39 is 118 Å². The molecule has 3 aliphatic heterocycles. The van der Waals surface area contributed by atoms with Crippen molar-refractivity contribution >= 4 is 5.91 Å². The van der Waals surface area contributed by atoms with Gasteiger partial charge < -0.3 is 80.1 Å². The number of carbonyl (C=O) groups excluding carboxylic acids is 1. The first-order valence-corrected chi connectivity index (χ1v) is 11.6. The van der Waals surface area contributed by atoms with Crippen molar-refractivity contribution < 1.29 is 79.5 Å². The minimum Gasteiger partial charge on any atom is -0.394 e. The summed E-state index contributed by atoms with van der Waals surface area (Å²) in [6.07, 6.45) is -23.5. The van der Waals surface area contributed by atoms with Crippen molar-refractivity contribution in [3.8, 4) is 0 Å². The summed E-state index contributed by atoms with van der Waals surface area (Å²) in [5.41, 5.74) is 0. The van der Waals surface area contributed by atoms with E-state index >= 15 is 0 Å². The van der Waals surface area contributed by atoms with Gasteiger partial charge in [-0.3, -0.25) is 4.79 Å². The summed E-state index contributed by atoms with van der Waals surface area (Å²) < 4.78 is 27.5. The molecule has 17 nitrogen and oxygen atoms in total. The molecule has 17 heteroatoms. The lowest BCUT2D eigenvalue weighted by Gasteiger charge is -2.49. The molecule has 3 heterocycles. The van der Waals surface area contributed by atoms with Gasteiger partial charge in [0.25, 0.3) is 0 Å². The zero-order chi connectivity index (χ0) is 27.6. The van der Waals surface area contributed by atoms with E-state index in [1.165, 1.54) is 0 Å². The van der Waals surface area contributed by atoms with Gasteiger partial charge in [0.2, 0.25) is 5.91 Å². The molecule has 3 saturated heterocycles. The van der Waals surface area contributed by atoms with E-state index in [0.29, 0.717) is 0 Å². The summed E-state index contributed by atoms with van der Waals surface area (Å²) in [4.78, 5) is 11.9. The number of rotatable bonds is 8. The molecule has 3 aliphatic rings. The van der Waals surface area contributed by atoms with Crippen molar-refractivity contribution in [2.45, 2.75) is 99.0 Å². The fraction of sp³-hybridized carbons (Fsp3) is 0.950. The van der Waals surface area contributed by atoms with Crippen molar-refractivity contribution in [2.24, 2.45) is 0 Å². The molecule has 11 N–H and O–H groups in total. The summed E-state index contributed by atoms with van der Waals surface area (Å²) >= 11 is 0.